The van der Waals surface area contributed by atoms with Crippen molar-refractivity contribution in [2.75, 3.05) is 0 Å². The van der Waals surface area contributed by atoms with Crippen LogP contribution in [0.4, 0.5) is 0 Å². The molecule has 33 heavy (non-hydrogen) atoms. The Hall–Kier alpha value is -1.23. The first-order valence-corrected chi connectivity index (χ1v) is 13.0. The van der Waals surface area contributed by atoms with Crippen LogP contribution >= 0.6 is 46.4 Å². The Balaban J connectivity index is 1.66. The van der Waals surface area contributed by atoms with Crippen molar-refractivity contribution in [1.82, 2.24) is 4.57 Å². The number of benzene rings is 2. The van der Waals surface area contributed by atoms with Gasteiger partial charge in [-0.2, -0.15) is 0 Å². The van der Waals surface area contributed by atoms with Gasteiger partial charge < -0.3 is 4.74 Å². The van der Waals surface area contributed by atoms with E-state index < -0.39 is 0 Å². The van der Waals surface area contributed by atoms with E-state index in [4.69, 9.17) is 51.1 Å². The molecule has 0 bridgehead atoms. The Morgan fingerprint density at radius 1 is 0.879 bits per heavy atom. The highest BCUT2D eigenvalue weighted by Gasteiger charge is 2.20. The van der Waals surface area contributed by atoms with Crippen LogP contribution in [0.1, 0.15) is 62.7 Å². The van der Waals surface area contributed by atoms with Gasteiger partial charge in [-0.15, -0.1) is 0 Å². The summed E-state index contributed by atoms with van der Waals surface area (Å²) >= 11 is 25.0. The molecule has 1 aromatic heterocycles. The maximum Gasteiger partial charge on any atom is 0.243 e. The van der Waals surface area contributed by atoms with Gasteiger partial charge in [-0.25, -0.2) is 9.13 Å². The van der Waals surface area contributed by atoms with Gasteiger partial charge >= 0.3 is 0 Å². The van der Waals surface area contributed by atoms with Gasteiger partial charge in [0.25, 0.3) is 0 Å². The Kier molecular flexibility index (Phi) is 10.9. The quantitative estimate of drug-likeness (QED) is 0.160. The summed E-state index contributed by atoms with van der Waals surface area (Å²) in [5.74, 6) is 0. The largest absolute Gasteiger partial charge is 0.365 e. The van der Waals surface area contributed by atoms with Crippen LogP contribution in [0.2, 0.25) is 20.1 Å². The van der Waals surface area contributed by atoms with Gasteiger partial charge in [0.15, 0.2) is 0 Å². The molecule has 1 heterocycles. The molecule has 0 fully saturated rings. The first-order valence-electron chi connectivity index (χ1n) is 11.5. The molecule has 0 spiro atoms. The van der Waals surface area contributed by atoms with Crippen molar-refractivity contribution >= 4 is 46.4 Å². The molecule has 3 nitrogen and oxygen atoms in total. The number of halogens is 4. The predicted octanol–water partition coefficient (Wildman–Crippen LogP) is 8.71. The lowest BCUT2D eigenvalue weighted by Gasteiger charge is -2.19. The van der Waals surface area contributed by atoms with E-state index in [0.717, 1.165) is 17.7 Å². The number of ether oxygens (including phenoxy) is 1. The lowest BCUT2D eigenvalue weighted by molar-refractivity contribution is -0.704. The second-order valence-corrected chi connectivity index (χ2v) is 10.0. The third kappa shape index (κ3) is 8.49. The number of hydrogen-bond donors (Lipinski definition) is 0. The molecule has 0 aliphatic carbocycles. The van der Waals surface area contributed by atoms with Gasteiger partial charge in [0.1, 0.15) is 25.0 Å². The molecule has 0 radical (unpaired) electrons. The van der Waals surface area contributed by atoms with Gasteiger partial charge in [0, 0.05) is 25.7 Å². The van der Waals surface area contributed by atoms with E-state index in [9.17, 15) is 0 Å². The summed E-state index contributed by atoms with van der Waals surface area (Å²) in [5, 5.41) is 2.37. The zero-order valence-corrected chi connectivity index (χ0v) is 22.0. The van der Waals surface area contributed by atoms with Crippen LogP contribution in [0.15, 0.2) is 55.1 Å². The zero-order chi connectivity index (χ0) is 23.6. The second-order valence-electron chi connectivity index (χ2n) is 8.32. The molecule has 7 heteroatoms. The number of unbranched alkanes of at least 4 members (excludes halogenated alkanes) is 5. The summed E-state index contributed by atoms with van der Waals surface area (Å²) in [5.41, 5.74) is 1.77. The van der Waals surface area contributed by atoms with Crippen molar-refractivity contribution in [2.45, 2.75) is 71.2 Å². The third-order valence-corrected chi connectivity index (χ3v) is 6.81. The topological polar surface area (TPSA) is 18.0 Å². The molecule has 0 aliphatic rings. The fourth-order valence-electron chi connectivity index (χ4n) is 3.78. The number of nitrogens with zero attached hydrogens (tertiary/aromatic N) is 2. The van der Waals surface area contributed by atoms with Crippen LogP contribution in [-0.4, -0.2) is 4.57 Å². The third-order valence-electron chi connectivity index (χ3n) is 5.66. The standard InChI is InChI=1S/C26H31Cl4N2O/c1-2-3-4-5-6-7-12-31-13-14-32(19-31)17-26(23-11-10-22(28)16-25(23)30)33-18-20-8-9-21(27)15-24(20)29/h8-11,13-16,19,26H,2-7,12,17-18H2,1H3/q+1. The summed E-state index contributed by atoms with van der Waals surface area (Å²) in [7, 11) is 0. The Morgan fingerprint density at radius 2 is 1.58 bits per heavy atom. The minimum atomic E-state index is -0.267. The van der Waals surface area contributed by atoms with Gasteiger partial charge in [-0.05, 0) is 42.7 Å². The van der Waals surface area contributed by atoms with E-state index in [1.54, 1.807) is 12.1 Å². The Labute approximate surface area is 217 Å². The summed E-state index contributed by atoms with van der Waals surface area (Å²) < 4.78 is 10.7. The van der Waals surface area contributed by atoms with Crippen molar-refractivity contribution in [3.8, 4) is 0 Å². The molecular formula is C26H31Cl4N2O+. The molecule has 3 aromatic rings. The number of hydrogen-bond acceptors (Lipinski definition) is 1. The number of rotatable bonds is 13. The molecule has 0 amide bonds. The monoisotopic (exact) mass is 527 g/mol. The van der Waals surface area contributed by atoms with E-state index >= 15 is 0 Å². The normalized spacial score (nSPS) is 12.3. The maximum absolute atomic E-state index is 6.53. The van der Waals surface area contributed by atoms with Crippen LogP contribution in [0, 0.1) is 0 Å². The average molecular weight is 529 g/mol. The maximum atomic E-state index is 6.53. The van der Waals surface area contributed by atoms with Crippen molar-refractivity contribution in [3.63, 3.8) is 0 Å². The van der Waals surface area contributed by atoms with Crippen LogP contribution in [0.25, 0.3) is 0 Å². The number of aromatic nitrogens is 2. The molecule has 1 unspecified atom stereocenters. The average Bonchev–Trinajstić information content (AvgIpc) is 3.22. The van der Waals surface area contributed by atoms with Crippen LogP contribution in [0.3, 0.4) is 0 Å². The lowest BCUT2D eigenvalue weighted by atomic mass is 10.1. The van der Waals surface area contributed by atoms with Gasteiger partial charge in [-0.3, -0.25) is 0 Å². The molecule has 178 valence electrons. The van der Waals surface area contributed by atoms with Crippen molar-refractivity contribution in [3.05, 3.63) is 86.3 Å². The molecule has 3 rings (SSSR count). The highest BCUT2D eigenvalue weighted by Crippen LogP contribution is 2.30. The van der Waals surface area contributed by atoms with Crippen LogP contribution in [0.5, 0.6) is 0 Å². The summed E-state index contributed by atoms with van der Waals surface area (Å²) in [6.07, 6.45) is 13.8. The number of aryl methyl sites for hydroxylation is 1. The molecule has 1 atom stereocenters. The lowest BCUT2D eigenvalue weighted by Crippen LogP contribution is -2.35. The number of imidazole rings is 1. The predicted molar refractivity (Wildman–Crippen MR) is 138 cm³/mol. The summed E-state index contributed by atoms with van der Waals surface area (Å²) in [6, 6.07) is 10.9. The van der Waals surface area contributed by atoms with E-state index in [2.05, 4.69) is 34.8 Å². The second kappa shape index (κ2) is 13.6. The molecule has 0 N–H and O–H groups in total. The molecule has 0 saturated carbocycles. The van der Waals surface area contributed by atoms with Crippen molar-refractivity contribution < 1.29 is 9.30 Å². The summed E-state index contributed by atoms with van der Waals surface area (Å²) in [4.78, 5) is 0. The SMILES string of the molecule is CCCCCCCCn1cc[n+](CC(OCc2ccc(Cl)cc2Cl)c2ccc(Cl)cc2Cl)c1. The van der Waals surface area contributed by atoms with Gasteiger partial charge in [-0.1, -0.05) is 91.1 Å². The molecular weight excluding hydrogens is 498 g/mol. The van der Waals surface area contributed by atoms with Crippen LogP contribution < -0.4 is 4.57 Å². The van der Waals surface area contributed by atoms with E-state index in [0.29, 0.717) is 33.2 Å². The van der Waals surface area contributed by atoms with Crippen LogP contribution in [-0.2, 0) is 24.4 Å². The molecule has 0 saturated heterocycles. The van der Waals surface area contributed by atoms with E-state index in [-0.39, 0.29) is 6.10 Å². The van der Waals surface area contributed by atoms with Crippen molar-refractivity contribution in [1.29, 1.82) is 0 Å². The van der Waals surface area contributed by atoms with E-state index in [1.807, 2.05) is 24.3 Å². The first-order chi connectivity index (χ1) is 16.0. The zero-order valence-electron chi connectivity index (χ0n) is 19.0. The Morgan fingerprint density at radius 3 is 2.30 bits per heavy atom. The fourth-order valence-corrected chi connectivity index (χ4v) is 4.77. The molecule has 0 aliphatic heterocycles. The fraction of sp³-hybridized carbons (Fsp3) is 0.423. The highest BCUT2D eigenvalue weighted by molar-refractivity contribution is 6.35. The molecule has 2 aromatic carbocycles. The minimum absolute atomic E-state index is 0.267. The van der Waals surface area contributed by atoms with E-state index in [1.165, 1.54) is 38.5 Å². The smallest absolute Gasteiger partial charge is 0.243 e. The minimum Gasteiger partial charge on any atom is -0.365 e. The first kappa shape index (κ1) is 26.4. The van der Waals surface area contributed by atoms with Crippen molar-refractivity contribution in [2.24, 2.45) is 0 Å². The Bertz CT molecular complexity index is 1020. The van der Waals surface area contributed by atoms with Gasteiger partial charge in [0.05, 0.1) is 13.2 Å². The van der Waals surface area contributed by atoms with Gasteiger partial charge in [0.2, 0.25) is 6.33 Å². The summed E-state index contributed by atoms with van der Waals surface area (Å²) in [6.45, 7) is 4.23. The highest BCUT2D eigenvalue weighted by atomic mass is 35.5.